The molecule has 6 nitrogen and oxygen atoms in total. The summed E-state index contributed by atoms with van der Waals surface area (Å²) in [5, 5.41) is 0.409. The van der Waals surface area contributed by atoms with Gasteiger partial charge >= 0.3 is 0 Å². The van der Waals surface area contributed by atoms with Crippen molar-refractivity contribution in [3.8, 4) is 0 Å². The fourth-order valence-electron chi connectivity index (χ4n) is 4.73. The van der Waals surface area contributed by atoms with E-state index in [2.05, 4.69) is 4.90 Å². The standard InChI is InChI=1S/C26H25ClFN3O3/c27-22-15-21(28)8-7-20(22)16-29-9-11-30(12-10-29)25(32)23-14-18-4-1-2-5-19(18)17-31(23)26(33)24-6-3-13-34-24/h1-8,13,15,23H,9-12,14,16-17H2. The monoisotopic (exact) mass is 481 g/mol. The number of nitrogens with zero attached hydrogens (tertiary/aromatic N) is 3. The highest BCUT2D eigenvalue weighted by molar-refractivity contribution is 6.31. The van der Waals surface area contributed by atoms with Crippen molar-refractivity contribution in [1.29, 1.82) is 0 Å². The van der Waals surface area contributed by atoms with Gasteiger partial charge < -0.3 is 14.2 Å². The van der Waals surface area contributed by atoms with E-state index in [1.807, 2.05) is 29.2 Å². The Morgan fingerprint density at radius 1 is 1.00 bits per heavy atom. The summed E-state index contributed by atoms with van der Waals surface area (Å²) < 4.78 is 18.7. The number of hydrogen-bond acceptors (Lipinski definition) is 4. The first-order valence-electron chi connectivity index (χ1n) is 11.4. The van der Waals surface area contributed by atoms with Gasteiger partial charge in [-0.25, -0.2) is 4.39 Å². The quantitative estimate of drug-likeness (QED) is 0.565. The first-order valence-corrected chi connectivity index (χ1v) is 11.7. The predicted octanol–water partition coefficient (Wildman–Crippen LogP) is 3.98. The first kappa shape index (κ1) is 22.6. The van der Waals surface area contributed by atoms with Gasteiger partial charge in [0.25, 0.3) is 5.91 Å². The van der Waals surface area contributed by atoms with Gasteiger partial charge in [-0.15, -0.1) is 0 Å². The smallest absolute Gasteiger partial charge is 0.290 e. The maximum atomic E-state index is 13.6. The molecular weight excluding hydrogens is 457 g/mol. The summed E-state index contributed by atoms with van der Waals surface area (Å²) in [4.78, 5) is 32.5. The zero-order valence-electron chi connectivity index (χ0n) is 18.6. The molecule has 1 saturated heterocycles. The Balaban J connectivity index is 1.29. The molecule has 3 heterocycles. The fraction of sp³-hybridized carbons (Fsp3) is 0.308. The Morgan fingerprint density at radius 2 is 1.76 bits per heavy atom. The number of rotatable bonds is 4. The summed E-state index contributed by atoms with van der Waals surface area (Å²) >= 11 is 6.18. The van der Waals surface area contributed by atoms with Crippen LogP contribution >= 0.6 is 11.6 Å². The van der Waals surface area contributed by atoms with Crippen LogP contribution in [-0.4, -0.2) is 58.7 Å². The molecule has 0 bridgehead atoms. The van der Waals surface area contributed by atoms with Crippen LogP contribution in [0.3, 0.4) is 0 Å². The van der Waals surface area contributed by atoms with E-state index in [-0.39, 0.29) is 23.4 Å². The van der Waals surface area contributed by atoms with Crippen LogP contribution in [0.4, 0.5) is 4.39 Å². The highest BCUT2D eigenvalue weighted by Gasteiger charge is 2.38. The van der Waals surface area contributed by atoms with E-state index in [0.717, 1.165) is 16.7 Å². The number of carbonyl (C=O) groups excluding carboxylic acids is 2. The molecule has 34 heavy (non-hydrogen) atoms. The number of benzene rings is 2. The van der Waals surface area contributed by atoms with Gasteiger partial charge in [0.15, 0.2) is 5.76 Å². The Morgan fingerprint density at radius 3 is 2.47 bits per heavy atom. The maximum absolute atomic E-state index is 13.6. The van der Waals surface area contributed by atoms with Crippen molar-refractivity contribution in [2.24, 2.45) is 0 Å². The second kappa shape index (κ2) is 9.60. The molecule has 0 N–H and O–H groups in total. The van der Waals surface area contributed by atoms with Gasteiger partial charge in [0.2, 0.25) is 5.91 Å². The van der Waals surface area contributed by atoms with E-state index in [9.17, 15) is 14.0 Å². The minimum absolute atomic E-state index is 0.0473. The zero-order valence-corrected chi connectivity index (χ0v) is 19.4. The lowest BCUT2D eigenvalue weighted by atomic mass is 9.92. The first-order chi connectivity index (χ1) is 16.5. The van der Waals surface area contributed by atoms with Crippen molar-refractivity contribution in [3.05, 3.63) is 94.2 Å². The molecule has 3 aromatic rings. The second-order valence-electron chi connectivity index (χ2n) is 8.74. The third-order valence-corrected chi connectivity index (χ3v) is 6.97. The zero-order chi connectivity index (χ0) is 23.7. The molecule has 2 aromatic carbocycles. The number of furan rings is 1. The van der Waals surface area contributed by atoms with E-state index in [4.69, 9.17) is 16.0 Å². The van der Waals surface area contributed by atoms with Crippen LogP contribution in [0.5, 0.6) is 0 Å². The third-order valence-electron chi connectivity index (χ3n) is 6.62. The van der Waals surface area contributed by atoms with Crippen LogP contribution in [0.2, 0.25) is 5.02 Å². The van der Waals surface area contributed by atoms with E-state index < -0.39 is 6.04 Å². The van der Waals surface area contributed by atoms with E-state index in [1.54, 1.807) is 23.1 Å². The molecule has 2 aliphatic rings. The van der Waals surface area contributed by atoms with Crippen LogP contribution < -0.4 is 0 Å². The van der Waals surface area contributed by atoms with E-state index in [0.29, 0.717) is 50.7 Å². The Kier molecular flexibility index (Phi) is 6.39. The molecular formula is C26H25ClFN3O3. The normalized spacial score (nSPS) is 18.6. The molecule has 2 amide bonds. The molecule has 0 spiro atoms. The molecule has 8 heteroatoms. The van der Waals surface area contributed by atoms with Gasteiger partial charge in [-0.1, -0.05) is 41.9 Å². The van der Waals surface area contributed by atoms with Crippen molar-refractivity contribution in [1.82, 2.24) is 14.7 Å². The number of halogens is 2. The highest BCUT2D eigenvalue weighted by Crippen LogP contribution is 2.27. The molecule has 0 aliphatic carbocycles. The van der Waals surface area contributed by atoms with Crippen molar-refractivity contribution in [3.63, 3.8) is 0 Å². The van der Waals surface area contributed by atoms with Crippen LogP contribution in [0.1, 0.15) is 27.2 Å². The largest absolute Gasteiger partial charge is 0.459 e. The number of hydrogen-bond donors (Lipinski definition) is 0. The number of piperazine rings is 1. The SMILES string of the molecule is O=C(C1Cc2ccccc2CN1C(=O)c1ccco1)N1CCN(Cc2ccc(F)cc2Cl)CC1. The van der Waals surface area contributed by atoms with Gasteiger partial charge in [-0.05, 0) is 41.0 Å². The average molecular weight is 482 g/mol. The Bertz CT molecular complexity index is 1190. The molecule has 5 rings (SSSR count). The van der Waals surface area contributed by atoms with Crippen molar-refractivity contribution in [2.45, 2.75) is 25.6 Å². The minimum atomic E-state index is -0.578. The van der Waals surface area contributed by atoms with Crippen LogP contribution in [0, 0.1) is 5.82 Å². The van der Waals surface area contributed by atoms with Crippen LogP contribution in [-0.2, 0) is 24.3 Å². The van der Waals surface area contributed by atoms with E-state index in [1.165, 1.54) is 18.4 Å². The second-order valence-corrected chi connectivity index (χ2v) is 9.14. The number of amides is 2. The van der Waals surface area contributed by atoms with Gasteiger partial charge in [0, 0.05) is 50.7 Å². The molecule has 2 aliphatic heterocycles. The molecule has 0 radical (unpaired) electrons. The average Bonchev–Trinajstić information content (AvgIpc) is 3.40. The predicted molar refractivity (Wildman–Crippen MR) is 126 cm³/mol. The topological polar surface area (TPSA) is 57.0 Å². The molecule has 1 unspecified atom stereocenters. The number of carbonyl (C=O) groups is 2. The van der Waals surface area contributed by atoms with Crippen molar-refractivity contribution in [2.75, 3.05) is 26.2 Å². The molecule has 1 aromatic heterocycles. The van der Waals surface area contributed by atoms with E-state index >= 15 is 0 Å². The van der Waals surface area contributed by atoms with Gasteiger partial charge in [-0.2, -0.15) is 0 Å². The minimum Gasteiger partial charge on any atom is -0.459 e. The summed E-state index contributed by atoms with van der Waals surface area (Å²) in [6, 6.07) is 15.1. The van der Waals surface area contributed by atoms with Gasteiger partial charge in [0.1, 0.15) is 11.9 Å². The summed E-state index contributed by atoms with van der Waals surface area (Å²) in [6.07, 6.45) is 1.95. The molecule has 176 valence electrons. The van der Waals surface area contributed by atoms with Crippen molar-refractivity contribution >= 4 is 23.4 Å². The summed E-state index contributed by atoms with van der Waals surface area (Å²) in [7, 11) is 0. The lowest BCUT2D eigenvalue weighted by Crippen LogP contribution is -2.57. The summed E-state index contributed by atoms with van der Waals surface area (Å²) in [5.41, 5.74) is 3.00. The van der Waals surface area contributed by atoms with Crippen LogP contribution in [0.15, 0.2) is 65.3 Å². The lowest BCUT2D eigenvalue weighted by molar-refractivity contribution is -0.138. The molecule has 0 saturated carbocycles. The Hall–Kier alpha value is -3.16. The van der Waals surface area contributed by atoms with Gasteiger partial charge in [0.05, 0.1) is 6.26 Å². The fourth-order valence-corrected chi connectivity index (χ4v) is 4.95. The number of fused-ring (bicyclic) bond motifs is 1. The highest BCUT2D eigenvalue weighted by atomic mass is 35.5. The summed E-state index contributed by atoms with van der Waals surface area (Å²) in [5.74, 6) is -0.443. The van der Waals surface area contributed by atoms with Gasteiger partial charge in [-0.3, -0.25) is 14.5 Å². The summed E-state index contributed by atoms with van der Waals surface area (Å²) in [6.45, 7) is 3.43. The molecule has 1 atom stereocenters. The lowest BCUT2D eigenvalue weighted by Gasteiger charge is -2.41. The van der Waals surface area contributed by atoms with Crippen LogP contribution in [0.25, 0.3) is 0 Å². The van der Waals surface area contributed by atoms with Crippen molar-refractivity contribution < 1.29 is 18.4 Å². The third kappa shape index (κ3) is 4.58. The molecule has 1 fully saturated rings. The Labute approximate surface area is 202 Å². The maximum Gasteiger partial charge on any atom is 0.290 e.